The van der Waals surface area contributed by atoms with Crippen molar-refractivity contribution >= 4 is 11.8 Å². The molecule has 0 atom stereocenters. The van der Waals surface area contributed by atoms with Gasteiger partial charge in [0.15, 0.2) is 0 Å². The van der Waals surface area contributed by atoms with Crippen LogP contribution in [0.3, 0.4) is 0 Å². The van der Waals surface area contributed by atoms with Gasteiger partial charge in [0, 0.05) is 0 Å². The van der Waals surface area contributed by atoms with Crippen LogP contribution < -0.4 is 0 Å². The van der Waals surface area contributed by atoms with Gasteiger partial charge in [0.2, 0.25) is 0 Å². The van der Waals surface area contributed by atoms with Crippen LogP contribution in [0.4, 0.5) is 0 Å². The van der Waals surface area contributed by atoms with Crippen molar-refractivity contribution in [1.82, 2.24) is 3.75 Å². The number of amides is 2. The van der Waals surface area contributed by atoms with E-state index in [1.807, 2.05) is 0 Å². The molecule has 0 rings (SSSR count). The van der Waals surface area contributed by atoms with Crippen molar-refractivity contribution in [3.8, 4) is 0 Å². The van der Waals surface area contributed by atoms with Crippen molar-refractivity contribution in [3.05, 3.63) is 0 Å². The Bertz CT molecular complexity index is 142. The Hall–Kier alpha value is -0.476. The summed E-state index contributed by atoms with van der Waals surface area (Å²) in [4.78, 5) is 20.7. The van der Waals surface area contributed by atoms with Gasteiger partial charge in [-0.1, -0.05) is 0 Å². The van der Waals surface area contributed by atoms with E-state index in [1.165, 1.54) is 13.8 Å². The molecule has 0 aromatic carbocycles. The van der Waals surface area contributed by atoms with Gasteiger partial charge in [0.1, 0.15) is 0 Å². The molecule has 0 saturated carbocycles. The van der Waals surface area contributed by atoms with E-state index >= 15 is 0 Å². The first-order valence-corrected chi connectivity index (χ1v) is 3.43. The maximum atomic E-state index is 10.3. The molecule has 4 nitrogen and oxygen atoms in total. The van der Waals surface area contributed by atoms with Gasteiger partial charge in [-0.15, -0.1) is 0 Å². The Morgan fingerprint density at radius 2 is 1.56 bits per heavy atom. The topological polar surface area (TPSA) is 54.5 Å². The van der Waals surface area contributed by atoms with Crippen LogP contribution in [0.25, 0.3) is 0 Å². The SMILES string of the molecule is CC(=O)[N]([V]=[O])C(C)=O. The van der Waals surface area contributed by atoms with Crippen LogP contribution >= 0.6 is 0 Å². The summed E-state index contributed by atoms with van der Waals surface area (Å²) in [5.41, 5.74) is 0. The Morgan fingerprint density at radius 3 is 1.56 bits per heavy atom. The first-order valence-electron chi connectivity index (χ1n) is 2.24. The Morgan fingerprint density at radius 1 is 1.22 bits per heavy atom. The second-order valence-corrected chi connectivity index (χ2v) is 2.31. The van der Waals surface area contributed by atoms with Gasteiger partial charge in [-0.2, -0.15) is 0 Å². The fourth-order valence-electron chi connectivity index (χ4n) is 0.337. The average molecular weight is 167 g/mol. The molecule has 0 aliphatic rings. The zero-order valence-electron chi connectivity index (χ0n) is 5.12. The molecular weight excluding hydrogens is 161 g/mol. The van der Waals surface area contributed by atoms with Crippen LogP contribution in [0.2, 0.25) is 0 Å². The van der Waals surface area contributed by atoms with Crippen molar-refractivity contribution < 1.29 is 29.7 Å². The van der Waals surface area contributed by atoms with Crippen molar-refractivity contribution in [1.29, 1.82) is 0 Å². The second kappa shape index (κ2) is 3.53. The van der Waals surface area contributed by atoms with E-state index in [9.17, 15) is 13.3 Å². The van der Waals surface area contributed by atoms with Crippen molar-refractivity contribution in [2.24, 2.45) is 0 Å². The minimum atomic E-state index is -1.53. The van der Waals surface area contributed by atoms with Gasteiger partial charge in [0.25, 0.3) is 0 Å². The van der Waals surface area contributed by atoms with Crippen LogP contribution in [0.15, 0.2) is 0 Å². The normalized spacial score (nSPS) is 8.22. The fraction of sp³-hybridized carbons (Fsp3) is 0.500. The molecule has 50 valence electrons. The minimum absolute atomic E-state index is 0.461. The number of hydrogen-bond donors (Lipinski definition) is 0. The Balaban J connectivity index is 4.16. The summed E-state index contributed by atoms with van der Waals surface area (Å²) in [6, 6.07) is 0. The summed E-state index contributed by atoms with van der Waals surface area (Å²) in [6.45, 7) is 2.41. The third kappa shape index (κ3) is 2.53. The number of rotatable bonds is 1. The van der Waals surface area contributed by atoms with Crippen molar-refractivity contribution in [2.75, 3.05) is 0 Å². The monoisotopic (exact) mass is 167 g/mol. The number of nitrogens with zero attached hydrogens (tertiary/aromatic N) is 1. The van der Waals surface area contributed by atoms with Gasteiger partial charge >= 0.3 is 59.1 Å². The summed E-state index contributed by atoms with van der Waals surface area (Å²) in [7, 11) is 0. The van der Waals surface area contributed by atoms with Gasteiger partial charge in [-0.05, 0) is 0 Å². The van der Waals surface area contributed by atoms with E-state index < -0.39 is 28.3 Å². The maximum absolute atomic E-state index is 10.3. The number of carbonyl (C=O) groups is 2. The van der Waals surface area contributed by atoms with Crippen molar-refractivity contribution in [2.45, 2.75) is 13.8 Å². The molecule has 0 unspecified atom stereocenters. The van der Waals surface area contributed by atoms with Crippen LogP contribution in [0, 0.1) is 0 Å². The van der Waals surface area contributed by atoms with Crippen LogP contribution in [-0.4, -0.2) is 15.6 Å². The summed E-state index contributed by atoms with van der Waals surface area (Å²) < 4.78 is 10.8. The molecule has 0 heterocycles. The van der Waals surface area contributed by atoms with Gasteiger partial charge in [-0.25, -0.2) is 0 Å². The number of hydrogen-bond acceptors (Lipinski definition) is 3. The molecule has 0 bridgehead atoms. The zero-order valence-corrected chi connectivity index (χ0v) is 6.52. The molecule has 0 fully saturated rings. The first-order chi connectivity index (χ1) is 4.09. The third-order valence-electron chi connectivity index (χ3n) is 0.678. The summed E-state index contributed by atoms with van der Waals surface area (Å²) in [5, 5.41) is 0. The molecule has 0 aromatic heterocycles. The van der Waals surface area contributed by atoms with E-state index in [2.05, 4.69) is 0 Å². The molecule has 0 aromatic rings. The molecule has 9 heavy (non-hydrogen) atoms. The molecule has 0 saturated heterocycles. The standard InChI is InChI=1S/C4H7NO2.O.V/c1-3(6)5-4(2)7;;/h1-2H3,(H,5,6,7);;/q;;+1/p-1. The summed E-state index contributed by atoms with van der Waals surface area (Å²) in [5.74, 6) is -0.921. The summed E-state index contributed by atoms with van der Waals surface area (Å²) >= 11 is -1.53. The predicted octanol–water partition coefficient (Wildman–Crippen LogP) is -0.276. The van der Waals surface area contributed by atoms with E-state index in [0.29, 0.717) is 0 Å². The second-order valence-electron chi connectivity index (χ2n) is 1.43. The summed E-state index contributed by atoms with van der Waals surface area (Å²) in [6.07, 6.45) is 0. The average Bonchev–Trinajstić information content (AvgIpc) is 1.64. The van der Waals surface area contributed by atoms with Gasteiger partial charge in [-0.3, -0.25) is 0 Å². The van der Waals surface area contributed by atoms with E-state index in [4.69, 9.17) is 0 Å². The van der Waals surface area contributed by atoms with E-state index in [0.717, 1.165) is 3.75 Å². The van der Waals surface area contributed by atoms with E-state index in [1.54, 1.807) is 0 Å². The van der Waals surface area contributed by atoms with Crippen LogP contribution in [-0.2, 0) is 29.7 Å². The molecule has 0 radical (unpaired) electrons. The quantitative estimate of drug-likeness (QED) is 0.539. The Labute approximate surface area is 59.7 Å². The molecule has 0 N–H and O–H groups in total. The van der Waals surface area contributed by atoms with Gasteiger partial charge in [0.05, 0.1) is 0 Å². The predicted molar refractivity (Wildman–Crippen MR) is 23.9 cm³/mol. The first kappa shape index (κ1) is 8.52. The zero-order chi connectivity index (χ0) is 7.44. The number of carbonyl (C=O) groups excluding carboxylic acids is 2. The van der Waals surface area contributed by atoms with E-state index in [-0.39, 0.29) is 0 Å². The molecule has 0 spiro atoms. The molecule has 2 amide bonds. The van der Waals surface area contributed by atoms with Crippen LogP contribution in [0.5, 0.6) is 0 Å². The van der Waals surface area contributed by atoms with Gasteiger partial charge < -0.3 is 0 Å². The molecule has 0 aliphatic carbocycles. The third-order valence-corrected chi connectivity index (χ3v) is 1.81. The van der Waals surface area contributed by atoms with Crippen LogP contribution in [0.1, 0.15) is 13.8 Å². The fourth-order valence-corrected chi connectivity index (χ4v) is 0.696. The molecule has 5 heteroatoms. The molecular formula is C4H6NO3V. The van der Waals surface area contributed by atoms with Crippen molar-refractivity contribution in [3.63, 3.8) is 0 Å². The molecule has 0 aliphatic heterocycles. The number of imide groups is 1. The Kier molecular flexibility index (Phi) is 3.34.